The zero-order valence-corrected chi connectivity index (χ0v) is 13.4. The quantitative estimate of drug-likeness (QED) is 0.911. The third-order valence-electron chi connectivity index (χ3n) is 3.43. The van der Waals surface area contributed by atoms with E-state index in [2.05, 4.69) is 22.5 Å². The number of carbonyl (C=O) groups excluding carboxylic acids is 1. The second-order valence-corrected chi connectivity index (χ2v) is 6.51. The van der Waals surface area contributed by atoms with Crippen LogP contribution in [0, 0.1) is 0 Å². The smallest absolute Gasteiger partial charge is 0.410 e. The molecule has 0 saturated carbocycles. The normalized spacial score (nSPS) is 16.0. The minimum atomic E-state index is -0.440. The standard InChI is InChI=1S/C16H25N3O2/c1-12(2)13-10-14(17-11-13)18-6-8-19(9-7-18)15(20)21-16(3,4)5/h10-11,17H,1,6-9H2,2-5H3. The Morgan fingerprint density at radius 2 is 1.90 bits per heavy atom. The van der Waals surface area contributed by atoms with Crippen LogP contribution in [-0.2, 0) is 4.74 Å². The highest BCUT2D eigenvalue weighted by Crippen LogP contribution is 2.21. The Morgan fingerprint density at radius 3 is 2.38 bits per heavy atom. The Labute approximate surface area is 126 Å². The molecule has 0 aliphatic carbocycles. The number of piperazine rings is 1. The summed E-state index contributed by atoms with van der Waals surface area (Å²) in [5.41, 5.74) is 1.73. The van der Waals surface area contributed by atoms with Gasteiger partial charge in [0.1, 0.15) is 11.4 Å². The van der Waals surface area contributed by atoms with Gasteiger partial charge in [0.05, 0.1) is 0 Å². The molecule has 1 aromatic rings. The molecule has 0 radical (unpaired) electrons. The van der Waals surface area contributed by atoms with Crippen molar-refractivity contribution in [1.29, 1.82) is 0 Å². The van der Waals surface area contributed by atoms with E-state index in [0.29, 0.717) is 13.1 Å². The van der Waals surface area contributed by atoms with Crippen LogP contribution < -0.4 is 4.90 Å². The van der Waals surface area contributed by atoms with Crippen LogP contribution >= 0.6 is 0 Å². The van der Waals surface area contributed by atoms with Gasteiger partial charge in [0, 0.05) is 32.4 Å². The molecule has 5 heteroatoms. The van der Waals surface area contributed by atoms with Crippen LogP contribution in [0.5, 0.6) is 0 Å². The van der Waals surface area contributed by atoms with Gasteiger partial charge in [-0.3, -0.25) is 0 Å². The van der Waals surface area contributed by atoms with Crippen molar-refractivity contribution in [3.8, 4) is 0 Å². The zero-order chi connectivity index (χ0) is 15.6. The Kier molecular flexibility index (Phi) is 4.30. The number of allylic oxidation sites excluding steroid dienone is 1. The number of ether oxygens (including phenoxy) is 1. The molecule has 116 valence electrons. The highest BCUT2D eigenvalue weighted by molar-refractivity contribution is 5.69. The van der Waals surface area contributed by atoms with Crippen molar-refractivity contribution in [3.63, 3.8) is 0 Å². The maximum atomic E-state index is 12.0. The lowest BCUT2D eigenvalue weighted by atomic mass is 10.2. The average molecular weight is 291 g/mol. The summed E-state index contributed by atoms with van der Waals surface area (Å²) in [6.07, 6.45) is 1.74. The monoisotopic (exact) mass is 291 g/mol. The van der Waals surface area contributed by atoms with E-state index in [0.717, 1.165) is 30.0 Å². The molecule has 2 rings (SSSR count). The van der Waals surface area contributed by atoms with Crippen molar-refractivity contribution in [1.82, 2.24) is 9.88 Å². The van der Waals surface area contributed by atoms with Crippen molar-refractivity contribution in [3.05, 3.63) is 24.4 Å². The zero-order valence-electron chi connectivity index (χ0n) is 13.4. The van der Waals surface area contributed by atoms with Crippen molar-refractivity contribution in [2.45, 2.75) is 33.3 Å². The van der Waals surface area contributed by atoms with Gasteiger partial charge >= 0.3 is 6.09 Å². The van der Waals surface area contributed by atoms with Crippen molar-refractivity contribution in [2.24, 2.45) is 0 Å². The molecule has 2 heterocycles. The Morgan fingerprint density at radius 1 is 1.29 bits per heavy atom. The van der Waals surface area contributed by atoms with Crippen LogP contribution in [0.25, 0.3) is 5.57 Å². The molecular weight excluding hydrogens is 266 g/mol. The first-order valence-electron chi connectivity index (χ1n) is 7.33. The van der Waals surface area contributed by atoms with Crippen molar-refractivity contribution < 1.29 is 9.53 Å². The van der Waals surface area contributed by atoms with Crippen molar-refractivity contribution in [2.75, 3.05) is 31.1 Å². The highest BCUT2D eigenvalue weighted by atomic mass is 16.6. The van der Waals surface area contributed by atoms with E-state index < -0.39 is 5.60 Å². The molecule has 0 unspecified atom stereocenters. The fourth-order valence-corrected chi connectivity index (χ4v) is 2.27. The van der Waals surface area contributed by atoms with E-state index in [1.54, 1.807) is 4.90 Å². The Hall–Kier alpha value is -1.91. The third kappa shape index (κ3) is 4.03. The Balaban J connectivity index is 1.90. The van der Waals surface area contributed by atoms with Gasteiger partial charge in [0.25, 0.3) is 0 Å². The summed E-state index contributed by atoms with van der Waals surface area (Å²) in [5, 5.41) is 0. The molecule has 0 spiro atoms. The summed E-state index contributed by atoms with van der Waals surface area (Å²) >= 11 is 0. The maximum absolute atomic E-state index is 12.0. The van der Waals surface area contributed by atoms with Crippen LogP contribution in [0.3, 0.4) is 0 Å². The average Bonchev–Trinajstić information content (AvgIpc) is 2.86. The largest absolute Gasteiger partial charge is 0.444 e. The second-order valence-electron chi connectivity index (χ2n) is 6.51. The molecule has 5 nitrogen and oxygen atoms in total. The number of anilines is 1. The number of nitrogens with zero attached hydrogens (tertiary/aromatic N) is 2. The molecule has 21 heavy (non-hydrogen) atoms. The van der Waals surface area contributed by atoms with Gasteiger partial charge in [0.15, 0.2) is 0 Å². The van der Waals surface area contributed by atoms with Gasteiger partial charge in [-0.05, 0) is 44.9 Å². The molecule has 1 aliphatic rings. The summed E-state index contributed by atoms with van der Waals surface area (Å²) in [6, 6.07) is 2.10. The number of nitrogens with one attached hydrogen (secondary N) is 1. The molecule has 0 aromatic carbocycles. The predicted molar refractivity (Wildman–Crippen MR) is 85.5 cm³/mol. The SMILES string of the molecule is C=C(C)c1c[nH]c(N2CCN(C(=O)OC(C)(C)C)CC2)c1. The van der Waals surface area contributed by atoms with E-state index in [9.17, 15) is 4.79 Å². The molecule has 0 bridgehead atoms. The molecule has 0 atom stereocenters. The number of carbonyl (C=O) groups is 1. The first-order valence-corrected chi connectivity index (χ1v) is 7.33. The summed E-state index contributed by atoms with van der Waals surface area (Å²) in [6.45, 7) is 14.6. The lowest BCUT2D eigenvalue weighted by molar-refractivity contribution is 0.0240. The fourth-order valence-electron chi connectivity index (χ4n) is 2.27. The summed E-state index contributed by atoms with van der Waals surface area (Å²) in [7, 11) is 0. The molecule has 1 saturated heterocycles. The van der Waals surface area contributed by atoms with Crippen LogP contribution in [0.1, 0.15) is 33.3 Å². The van der Waals surface area contributed by atoms with Crippen LogP contribution in [-0.4, -0.2) is 47.8 Å². The second kappa shape index (κ2) is 5.84. The predicted octanol–water partition coefficient (Wildman–Crippen LogP) is 3.10. The maximum Gasteiger partial charge on any atom is 0.410 e. The molecule has 1 aromatic heterocycles. The fraction of sp³-hybridized carbons (Fsp3) is 0.562. The topological polar surface area (TPSA) is 48.6 Å². The first-order chi connectivity index (χ1) is 9.76. The summed E-state index contributed by atoms with van der Waals surface area (Å²) in [5.74, 6) is 1.08. The molecule has 1 N–H and O–H groups in total. The Bertz CT molecular complexity index is 520. The van der Waals surface area contributed by atoms with Gasteiger partial charge < -0.3 is 19.5 Å². The van der Waals surface area contributed by atoms with Gasteiger partial charge in [-0.2, -0.15) is 0 Å². The number of hydrogen-bond acceptors (Lipinski definition) is 3. The number of aromatic amines is 1. The van der Waals surface area contributed by atoms with E-state index in [-0.39, 0.29) is 6.09 Å². The highest BCUT2D eigenvalue weighted by Gasteiger charge is 2.26. The lowest BCUT2D eigenvalue weighted by Gasteiger charge is -2.36. The van der Waals surface area contributed by atoms with E-state index in [4.69, 9.17) is 4.74 Å². The van der Waals surface area contributed by atoms with Gasteiger partial charge in [0.2, 0.25) is 0 Å². The number of hydrogen-bond donors (Lipinski definition) is 1. The van der Waals surface area contributed by atoms with Crippen LogP contribution in [0.15, 0.2) is 18.8 Å². The number of amides is 1. The summed E-state index contributed by atoms with van der Waals surface area (Å²) < 4.78 is 5.40. The number of rotatable bonds is 2. The lowest BCUT2D eigenvalue weighted by Crippen LogP contribution is -2.50. The van der Waals surface area contributed by atoms with Gasteiger partial charge in [-0.25, -0.2) is 4.79 Å². The minimum Gasteiger partial charge on any atom is -0.444 e. The molecular formula is C16H25N3O2. The molecule has 1 fully saturated rings. The van der Waals surface area contributed by atoms with E-state index in [1.807, 2.05) is 33.9 Å². The number of aromatic nitrogens is 1. The minimum absolute atomic E-state index is 0.226. The third-order valence-corrected chi connectivity index (χ3v) is 3.43. The summed E-state index contributed by atoms with van der Waals surface area (Å²) in [4.78, 5) is 19.3. The van der Waals surface area contributed by atoms with Gasteiger partial charge in [-0.15, -0.1) is 0 Å². The van der Waals surface area contributed by atoms with Crippen molar-refractivity contribution >= 4 is 17.5 Å². The first kappa shape index (κ1) is 15.5. The van der Waals surface area contributed by atoms with E-state index in [1.165, 1.54) is 0 Å². The van der Waals surface area contributed by atoms with Gasteiger partial charge in [-0.1, -0.05) is 6.58 Å². The van der Waals surface area contributed by atoms with Crippen LogP contribution in [0.2, 0.25) is 0 Å². The van der Waals surface area contributed by atoms with Crippen LogP contribution in [0.4, 0.5) is 10.6 Å². The molecule has 1 amide bonds. The van der Waals surface area contributed by atoms with E-state index >= 15 is 0 Å². The molecule has 1 aliphatic heterocycles. The number of H-pyrrole nitrogens is 1.